The van der Waals surface area contributed by atoms with E-state index in [1.807, 2.05) is 7.05 Å². The molecule has 1 fully saturated rings. The van der Waals surface area contributed by atoms with Crippen LogP contribution in [-0.2, 0) is 0 Å². The van der Waals surface area contributed by atoms with Crippen LogP contribution in [0, 0.1) is 11.3 Å². The summed E-state index contributed by atoms with van der Waals surface area (Å²) in [4.78, 5) is 2.39. The molecule has 1 aliphatic rings. The van der Waals surface area contributed by atoms with Crippen LogP contribution in [0.15, 0.2) is 0 Å². The highest BCUT2D eigenvalue weighted by Crippen LogP contribution is 2.34. The zero-order chi connectivity index (χ0) is 12.2. The number of nitrogens with zero attached hydrogens (tertiary/aromatic N) is 1. The Labute approximate surface area is 100 Å². The van der Waals surface area contributed by atoms with E-state index in [1.165, 1.54) is 12.8 Å². The van der Waals surface area contributed by atoms with Crippen molar-refractivity contribution in [1.29, 1.82) is 0 Å². The van der Waals surface area contributed by atoms with Crippen LogP contribution in [0.5, 0.6) is 0 Å². The molecule has 0 aliphatic carbocycles. The standard InChI is InChI=1S/C13H28N2O/c1-13(2,3)11-5-7-15(8-6-11)10-12(16)9-14-4/h11-12,14,16H,5-10H2,1-4H3. The molecule has 0 bridgehead atoms. The number of rotatable bonds is 4. The van der Waals surface area contributed by atoms with Crippen molar-refractivity contribution in [1.82, 2.24) is 10.2 Å². The van der Waals surface area contributed by atoms with Crippen molar-refractivity contribution >= 4 is 0 Å². The summed E-state index contributed by atoms with van der Waals surface area (Å²) in [7, 11) is 1.88. The smallest absolute Gasteiger partial charge is 0.0791 e. The predicted molar refractivity (Wildman–Crippen MR) is 68.6 cm³/mol. The Morgan fingerprint density at radius 1 is 1.31 bits per heavy atom. The van der Waals surface area contributed by atoms with Gasteiger partial charge in [-0.15, -0.1) is 0 Å². The normalized spacial score (nSPS) is 22.3. The zero-order valence-corrected chi connectivity index (χ0v) is 11.3. The molecule has 1 aliphatic heterocycles. The third-order valence-corrected chi connectivity index (χ3v) is 3.72. The molecule has 0 radical (unpaired) electrons. The SMILES string of the molecule is CNCC(O)CN1CCC(C(C)(C)C)CC1. The van der Waals surface area contributed by atoms with Crippen LogP contribution in [0.4, 0.5) is 0 Å². The van der Waals surface area contributed by atoms with Crippen molar-refractivity contribution in [3.63, 3.8) is 0 Å². The number of hydrogen-bond acceptors (Lipinski definition) is 3. The third-order valence-electron chi connectivity index (χ3n) is 3.72. The lowest BCUT2D eigenvalue weighted by atomic mass is 9.75. The number of nitrogens with one attached hydrogen (secondary N) is 1. The highest BCUT2D eigenvalue weighted by Gasteiger charge is 2.29. The van der Waals surface area contributed by atoms with Crippen molar-refractivity contribution in [2.24, 2.45) is 11.3 Å². The second kappa shape index (κ2) is 5.99. The molecule has 1 heterocycles. The second-order valence-electron chi connectivity index (χ2n) is 6.15. The molecule has 16 heavy (non-hydrogen) atoms. The first-order valence-electron chi connectivity index (χ1n) is 6.48. The lowest BCUT2D eigenvalue weighted by Gasteiger charge is -2.39. The van der Waals surface area contributed by atoms with Gasteiger partial charge in [0.15, 0.2) is 0 Å². The van der Waals surface area contributed by atoms with E-state index in [0.717, 1.165) is 25.6 Å². The maximum Gasteiger partial charge on any atom is 0.0791 e. The molecule has 0 saturated carbocycles. The van der Waals surface area contributed by atoms with Gasteiger partial charge in [0.25, 0.3) is 0 Å². The summed E-state index contributed by atoms with van der Waals surface area (Å²) in [6.07, 6.45) is 2.32. The summed E-state index contributed by atoms with van der Waals surface area (Å²) in [5.41, 5.74) is 0.440. The number of β-amino-alcohol motifs (C(OH)–C–C–N with tert-alkyl or cyclic N) is 1. The Kier molecular flexibility index (Phi) is 5.22. The van der Waals surface area contributed by atoms with E-state index in [0.29, 0.717) is 12.0 Å². The first-order chi connectivity index (χ1) is 7.43. The maximum absolute atomic E-state index is 9.72. The van der Waals surface area contributed by atoms with Crippen LogP contribution < -0.4 is 5.32 Å². The van der Waals surface area contributed by atoms with Crippen LogP contribution in [-0.4, -0.2) is 49.3 Å². The molecule has 1 unspecified atom stereocenters. The van der Waals surface area contributed by atoms with Gasteiger partial charge in [0.05, 0.1) is 6.10 Å². The van der Waals surface area contributed by atoms with Crippen LogP contribution in [0.2, 0.25) is 0 Å². The van der Waals surface area contributed by atoms with Crippen LogP contribution in [0.3, 0.4) is 0 Å². The fourth-order valence-electron chi connectivity index (χ4n) is 2.58. The van der Waals surface area contributed by atoms with E-state index in [9.17, 15) is 5.11 Å². The molecule has 2 N–H and O–H groups in total. The van der Waals surface area contributed by atoms with E-state index in [4.69, 9.17) is 0 Å². The van der Waals surface area contributed by atoms with Crippen LogP contribution in [0.25, 0.3) is 0 Å². The minimum absolute atomic E-state index is 0.226. The van der Waals surface area contributed by atoms with E-state index >= 15 is 0 Å². The van der Waals surface area contributed by atoms with Crippen LogP contribution in [0.1, 0.15) is 33.6 Å². The van der Waals surface area contributed by atoms with E-state index in [2.05, 4.69) is 31.0 Å². The summed E-state index contributed by atoms with van der Waals surface area (Å²) in [5.74, 6) is 0.838. The molecule has 1 saturated heterocycles. The fourth-order valence-corrected chi connectivity index (χ4v) is 2.58. The van der Waals surface area contributed by atoms with E-state index in [1.54, 1.807) is 0 Å². The van der Waals surface area contributed by atoms with Gasteiger partial charge in [0, 0.05) is 13.1 Å². The Morgan fingerprint density at radius 3 is 2.31 bits per heavy atom. The minimum Gasteiger partial charge on any atom is -0.390 e. The first-order valence-corrected chi connectivity index (χ1v) is 6.48. The fraction of sp³-hybridized carbons (Fsp3) is 1.00. The van der Waals surface area contributed by atoms with Gasteiger partial charge in [-0.1, -0.05) is 20.8 Å². The molecule has 96 valence electrons. The van der Waals surface area contributed by atoms with Crippen LogP contribution >= 0.6 is 0 Å². The number of piperidine rings is 1. The summed E-state index contributed by atoms with van der Waals surface area (Å²) < 4.78 is 0. The van der Waals surface area contributed by atoms with Crippen molar-refractivity contribution in [3.8, 4) is 0 Å². The average Bonchev–Trinajstić information content (AvgIpc) is 2.17. The van der Waals surface area contributed by atoms with Crippen molar-refractivity contribution in [3.05, 3.63) is 0 Å². The summed E-state index contributed by atoms with van der Waals surface area (Å²) in [6, 6.07) is 0. The van der Waals surface area contributed by atoms with Gasteiger partial charge in [-0.3, -0.25) is 0 Å². The average molecular weight is 228 g/mol. The number of likely N-dealkylation sites (N-methyl/N-ethyl adjacent to an activating group) is 1. The molecular formula is C13H28N2O. The first kappa shape index (κ1) is 13.9. The topological polar surface area (TPSA) is 35.5 Å². The Hall–Kier alpha value is -0.120. The Morgan fingerprint density at radius 2 is 1.88 bits per heavy atom. The van der Waals surface area contributed by atoms with E-state index < -0.39 is 0 Å². The van der Waals surface area contributed by atoms with E-state index in [-0.39, 0.29) is 6.10 Å². The largest absolute Gasteiger partial charge is 0.390 e. The lowest BCUT2D eigenvalue weighted by molar-refractivity contribution is 0.0662. The molecule has 3 nitrogen and oxygen atoms in total. The number of hydrogen-bond donors (Lipinski definition) is 2. The van der Waals surface area contributed by atoms with Gasteiger partial charge in [0.2, 0.25) is 0 Å². The van der Waals surface area contributed by atoms with Gasteiger partial charge in [-0.2, -0.15) is 0 Å². The van der Waals surface area contributed by atoms with Gasteiger partial charge >= 0.3 is 0 Å². The summed E-state index contributed by atoms with van der Waals surface area (Å²) >= 11 is 0. The number of aliphatic hydroxyl groups is 1. The lowest BCUT2D eigenvalue weighted by Crippen LogP contribution is -2.43. The Balaban J connectivity index is 2.27. The third kappa shape index (κ3) is 4.40. The van der Waals surface area contributed by atoms with Gasteiger partial charge in [0.1, 0.15) is 0 Å². The van der Waals surface area contributed by atoms with Gasteiger partial charge < -0.3 is 15.3 Å². The maximum atomic E-state index is 9.72. The molecule has 0 amide bonds. The predicted octanol–water partition coefficient (Wildman–Crippen LogP) is 1.32. The van der Waals surface area contributed by atoms with Crippen molar-refractivity contribution in [2.75, 3.05) is 33.2 Å². The number of likely N-dealkylation sites (tertiary alicyclic amines) is 1. The van der Waals surface area contributed by atoms with Gasteiger partial charge in [-0.05, 0) is 44.3 Å². The minimum atomic E-state index is -0.226. The number of aliphatic hydroxyl groups excluding tert-OH is 1. The highest BCUT2D eigenvalue weighted by atomic mass is 16.3. The molecule has 3 heteroatoms. The summed E-state index contributed by atoms with van der Waals surface area (Å²) in [5, 5.41) is 12.7. The molecule has 1 rings (SSSR count). The molecular weight excluding hydrogens is 200 g/mol. The van der Waals surface area contributed by atoms with Crippen molar-refractivity contribution < 1.29 is 5.11 Å². The van der Waals surface area contributed by atoms with Crippen molar-refractivity contribution in [2.45, 2.75) is 39.7 Å². The Bertz CT molecular complexity index is 193. The molecule has 0 aromatic rings. The monoisotopic (exact) mass is 228 g/mol. The molecule has 0 aromatic carbocycles. The molecule has 0 spiro atoms. The summed E-state index contributed by atoms with van der Waals surface area (Å²) in [6.45, 7) is 10.8. The highest BCUT2D eigenvalue weighted by molar-refractivity contribution is 4.81. The second-order valence-corrected chi connectivity index (χ2v) is 6.15. The molecule has 1 atom stereocenters. The molecule has 0 aromatic heterocycles. The zero-order valence-electron chi connectivity index (χ0n) is 11.3. The van der Waals surface area contributed by atoms with Gasteiger partial charge in [-0.25, -0.2) is 0 Å². The quantitative estimate of drug-likeness (QED) is 0.762.